The number of likely N-dealkylation sites (N-methyl/N-ethyl adjacent to an activating group) is 1. The zero-order chi connectivity index (χ0) is 18.5. The Morgan fingerprint density at radius 1 is 1.23 bits per heavy atom. The van der Waals surface area contributed by atoms with Crippen molar-refractivity contribution in [2.75, 3.05) is 39.8 Å². The van der Waals surface area contributed by atoms with E-state index in [9.17, 15) is 4.79 Å². The van der Waals surface area contributed by atoms with Crippen molar-refractivity contribution in [3.63, 3.8) is 0 Å². The van der Waals surface area contributed by atoms with E-state index in [0.717, 1.165) is 49.9 Å². The second-order valence-electron chi connectivity index (χ2n) is 6.98. The van der Waals surface area contributed by atoms with Gasteiger partial charge >= 0.3 is 0 Å². The summed E-state index contributed by atoms with van der Waals surface area (Å²) in [5.74, 6) is 0.193. The van der Waals surface area contributed by atoms with Gasteiger partial charge < -0.3 is 4.90 Å². The van der Waals surface area contributed by atoms with Crippen molar-refractivity contribution in [1.29, 1.82) is 0 Å². The molecule has 2 aromatic rings. The lowest BCUT2D eigenvalue weighted by atomic mass is 10.2. The van der Waals surface area contributed by atoms with E-state index in [2.05, 4.69) is 16.1 Å². The van der Waals surface area contributed by atoms with Crippen LogP contribution in [0.25, 0.3) is 0 Å². The van der Waals surface area contributed by atoms with Gasteiger partial charge in [-0.1, -0.05) is 23.7 Å². The van der Waals surface area contributed by atoms with Gasteiger partial charge in [0.1, 0.15) is 0 Å². The molecule has 2 heterocycles. The average molecular weight is 376 g/mol. The predicted molar refractivity (Wildman–Crippen MR) is 103 cm³/mol. The summed E-state index contributed by atoms with van der Waals surface area (Å²) in [6.45, 7) is 5.39. The summed E-state index contributed by atoms with van der Waals surface area (Å²) in [6, 6.07) is 7.97. The second kappa shape index (κ2) is 8.66. The molecule has 1 aliphatic rings. The van der Waals surface area contributed by atoms with Crippen LogP contribution in [0.3, 0.4) is 0 Å². The fraction of sp³-hybridized carbons (Fsp3) is 0.474. The summed E-state index contributed by atoms with van der Waals surface area (Å²) in [5, 5.41) is 4.94. The van der Waals surface area contributed by atoms with Crippen LogP contribution in [0.15, 0.2) is 36.7 Å². The van der Waals surface area contributed by atoms with Gasteiger partial charge in [-0.3, -0.25) is 19.3 Å². The zero-order valence-electron chi connectivity index (χ0n) is 15.4. The number of carbonyl (C=O) groups excluding carboxylic acids is 1. The number of hydrogen-bond donors (Lipinski definition) is 0. The molecule has 1 saturated heterocycles. The van der Waals surface area contributed by atoms with Crippen LogP contribution in [0.1, 0.15) is 11.1 Å². The molecule has 0 radical (unpaired) electrons. The molecule has 0 spiro atoms. The molecule has 7 heteroatoms. The highest BCUT2D eigenvalue weighted by Crippen LogP contribution is 2.14. The molecule has 1 aliphatic heterocycles. The molecule has 0 atom stereocenters. The number of rotatable bonds is 6. The maximum Gasteiger partial charge on any atom is 0.236 e. The number of amides is 1. The maximum atomic E-state index is 12.5. The van der Waals surface area contributed by atoms with E-state index < -0.39 is 0 Å². The largest absolute Gasteiger partial charge is 0.339 e. The molecule has 140 valence electrons. The summed E-state index contributed by atoms with van der Waals surface area (Å²) >= 11 is 6.05. The molecule has 1 aromatic carbocycles. The summed E-state index contributed by atoms with van der Waals surface area (Å²) in [4.78, 5) is 18.9. The van der Waals surface area contributed by atoms with Crippen LogP contribution in [0.4, 0.5) is 0 Å². The van der Waals surface area contributed by atoms with Gasteiger partial charge in [0.2, 0.25) is 5.91 Å². The lowest BCUT2D eigenvalue weighted by molar-refractivity contribution is -0.134. The number of aromatic nitrogens is 2. The lowest BCUT2D eigenvalue weighted by Crippen LogP contribution is -2.50. The van der Waals surface area contributed by atoms with Gasteiger partial charge in [-0.2, -0.15) is 5.10 Å². The number of hydrogen-bond acceptors (Lipinski definition) is 4. The van der Waals surface area contributed by atoms with E-state index in [1.807, 2.05) is 54.5 Å². The third kappa shape index (κ3) is 5.30. The van der Waals surface area contributed by atoms with E-state index in [0.29, 0.717) is 6.54 Å². The van der Waals surface area contributed by atoms with Gasteiger partial charge in [-0.15, -0.1) is 0 Å². The van der Waals surface area contributed by atoms with E-state index in [1.165, 1.54) is 5.56 Å². The minimum absolute atomic E-state index is 0.193. The fourth-order valence-electron chi connectivity index (χ4n) is 3.30. The van der Waals surface area contributed by atoms with Crippen molar-refractivity contribution in [3.05, 3.63) is 52.8 Å². The molecule has 3 rings (SSSR count). The van der Waals surface area contributed by atoms with Crippen LogP contribution in [-0.4, -0.2) is 70.2 Å². The van der Waals surface area contributed by atoms with Crippen molar-refractivity contribution >= 4 is 17.5 Å². The van der Waals surface area contributed by atoms with Crippen molar-refractivity contribution in [1.82, 2.24) is 24.5 Å². The molecule has 0 N–H and O–H groups in total. The number of benzene rings is 1. The Morgan fingerprint density at radius 3 is 2.65 bits per heavy atom. The Labute approximate surface area is 159 Å². The van der Waals surface area contributed by atoms with Gasteiger partial charge in [0, 0.05) is 63.1 Å². The van der Waals surface area contributed by atoms with E-state index in [4.69, 9.17) is 11.6 Å². The van der Waals surface area contributed by atoms with Gasteiger partial charge in [0.25, 0.3) is 0 Å². The third-order valence-electron chi connectivity index (χ3n) is 4.64. The Balaban J connectivity index is 1.43. The quantitative estimate of drug-likeness (QED) is 0.773. The monoisotopic (exact) mass is 375 g/mol. The van der Waals surface area contributed by atoms with Gasteiger partial charge in [0.15, 0.2) is 0 Å². The minimum atomic E-state index is 0.193. The first-order valence-corrected chi connectivity index (χ1v) is 9.28. The summed E-state index contributed by atoms with van der Waals surface area (Å²) in [6.07, 6.45) is 3.82. The first-order chi connectivity index (χ1) is 12.5. The Bertz CT molecular complexity index is 739. The van der Waals surface area contributed by atoms with Crippen LogP contribution in [0, 0.1) is 0 Å². The molecule has 1 amide bonds. The van der Waals surface area contributed by atoms with Crippen molar-refractivity contribution in [2.24, 2.45) is 7.05 Å². The van der Waals surface area contributed by atoms with E-state index in [1.54, 1.807) is 4.68 Å². The summed E-state index contributed by atoms with van der Waals surface area (Å²) in [5.41, 5.74) is 2.34. The van der Waals surface area contributed by atoms with E-state index >= 15 is 0 Å². The summed E-state index contributed by atoms with van der Waals surface area (Å²) < 4.78 is 1.78. The smallest absolute Gasteiger partial charge is 0.236 e. The minimum Gasteiger partial charge on any atom is -0.339 e. The molecular weight excluding hydrogens is 350 g/mol. The number of carbonyl (C=O) groups is 1. The average Bonchev–Trinajstić information content (AvgIpc) is 3.00. The number of aryl methyl sites for hydroxylation is 1. The van der Waals surface area contributed by atoms with Crippen molar-refractivity contribution in [3.8, 4) is 0 Å². The van der Waals surface area contributed by atoms with Gasteiger partial charge in [0.05, 0.1) is 12.7 Å². The normalized spacial score (nSPS) is 15.6. The molecule has 1 aromatic heterocycles. The first-order valence-electron chi connectivity index (χ1n) is 8.90. The second-order valence-corrected chi connectivity index (χ2v) is 7.42. The molecular formula is C19H26ClN5O. The van der Waals surface area contributed by atoms with Gasteiger partial charge in [-0.25, -0.2) is 0 Å². The first kappa shape index (κ1) is 18.9. The molecule has 26 heavy (non-hydrogen) atoms. The highest BCUT2D eigenvalue weighted by molar-refractivity contribution is 6.30. The Hall–Kier alpha value is -1.89. The van der Waals surface area contributed by atoms with Crippen LogP contribution in [0.5, 0.6) is 0 Å². The summed E-state index contributed by atoms with van der Waals surface area (Å²) in [7, 11) is 3.87. The zero-order valence-corrected chi connectivity index (χ0v) is 16.2. The molecule has 0 unspecified atom stereocenters. The number of halogens is 1. The highest BCUT2D eigenvalue weighted by Gasteiger charge is 2.22. The maximum absolute atomic E-state index is 12.5. The topological polar surface area (TPSA) is 44.6 Å². The number of piperazine rings is 1. The molecule has 0 bridgehead atoms. The van der Waals surface area contributed by atoms with Crippen molar-refractivity contribution in [2.45, 2.75) is 13.1 Å². The van der Waals surface area contributed by atoms with Crippen LogP contribution in [0.2, 0.25) is 5.02 Å². The highest BCUT2D eigenvalue weighted by atomic mass is 35.5. The Morgan fingerprint density at radius 2 is 2.00 bits per heavy atom. The fourth-order valence-corrected chi connectivity index (χ4v) is 3.51. The standard InChI is InChI=1S/C19H26ClN5O/c1-22(12-17-11-21-23(2)13-17)15-19(26)25-8-6-24(7-9-25)14-16-4-3-5-18(20)10-16/h3-5,10-11,13H,6-9,12,14-15H2,1-2H3. The molecule has 0 saturated carbocycles. The number of nitrogens with zero attached hydrogens (tertiary/aromatic N) is 5. The predicted octanol–water partition coefficient (Wildman–Crippen LogP) is 1.85. The molecule has 6 nitrogen and oxygen atoms in total. The van der Waals surface area contributed by atoms with Crippen LogP contribution in [-0.2, 0) is 24.9 Å². The third-order valence-corrected chi connectivity index (χ3v) is 4.87. The van der Waals surface area contributed by atoms with Crippen molar-refractivity contribution < 1.29 is 4.79 Å². The van der Waals surface area contributed by atoms with E-state index in [-0.39, 0.29) is 5.91 Å². The van der Waals surface area contributed by atoms with Gasteiger partial charge in [-0.05, 0) is 24.7 Å². The molecule has 1 fully saturated rings. The van der Waals surface area contributed by atoms with Crippen LogP contribution >= 0.6 is 11.6 Å². The SMILES string of the molecule is CN(CC(=O)N1CCN(Cc2cccc(Cl)c2)CC1)Cc1cnn(C)c1. The Kier molecular flexibility index (Phi) is 6.29. The van der Waals surface area contributed by atoms with Crippen LogP contribution < -0.4 is 0 Å². The lowest BCUT2D eigenvalue weighted by Gasteiger charge is -2.35. The molecule has 0 aliphatic carbocycles.